The molecule has 0 aliphatic carbocycles. The molecule has 1 aromatic carbocycles. The summed E-state index contributed by atoms with van der Waals surface area (Å²) in [5.41, 5.74) is 2.13. The van der Waals surface area contributed by atoms with Crippen LogP contribution in [0.5, 0.6) is 0 Å². The molecule has 0 heterocycles. The topological polar surface area (TPSA) is 44.4 Å². The molecule has 22 heavy (non-hydrogen) atoms. The number of benzene rings is 1. The molecule has 0 aliphatic heterocycles. The van der Waals surface area contributed by atoms with Crippen LogP contribution in [-0.4, -0.2) is 44.0 Å². The normalized spacial score (nSPS) is 13.4. The van der Waals surface area contributed by atoms with Crippen LogP contribution in [0.3, 0.4) is 0 Å². The van der Waals surface area contributed by atoms with Crippen molar-refractivity contribution in [1.82, 2.24) is 10.2 Å². The highest BCUT2D eigenvalue weighted by Gasteiger charge is 2.15. The van der Waals surface area contributed by atoms with Crippen LogP contribution in [0.15, 0.2) is 24.3 Å². The molecule has 0 aromatic heterocycles. The molecule has 0 fully saturated rings. The SMILES string of the molecule is CCC(C)c1ccccc1NC(=O)C(C)NCCN(C)C.Cl. The summed E-state index contributed by atoms with van der Waals surface area (Å²) in [6.45, 7) is 7.96. The molecular formula is C17H30ClN3O. The third-order valence-corrected chi connectivity index (χ3v) is 3.76. The zero-order chi connectivity index (χ0) is 15.8. The zero-order valence-corrected chi connectivity index (χ0v) is 15.2. The monoisotopic (exact) mass is 327 g/mol. The maximum absolute atomic E-state index is 12.3. The third kappa shape index (κ3) is 6.77. The minimum atomic E-state index is -0.199. The molecule has 0 spiro atoms. The Hall–Kier alpha value is -1.10. The Morgan fingerprint density at radius 3 is 2.45 bits per heavy atom. The molecule has 1 aromatic rings. The first-order valence-corrected chi connectivity index (χ1v) is 7.73. The van der Waals surface area contributed by atoms with Crippen molar-refractivity contribution in [2.45, 2.75) is 39.2 Å². The van der Waals surface area contributed by atoms with Gasteiger partial charge < -0.3 is 15.5 Å². The van der Waals surface area contributed by atoms with Crippen molar-refractivity contribution in [1.29, 1.82) is 0 Å². The summed E-state index contributed by atoms with van der Waals surface area (Å²) in [6, 6.07) is 7.86. The fourth-order valence-electron chi connectivity index (χ4n) is 2.10. The number of nitrogens with one attached hydrogen (secondary N) is 2. The largest absolute Gasteiger partial charge is 0.324 e. The van der Waals surface area contributed by atoms with E-state index in [2.05, 4.69) is 35.4 Å². The Balaban J connectivity index is 0.00000441. The number of rotatable bonds is 8. The molecule has 2 N–H and O–H groups in total. The van der Waals surface area contributed by atoms with E-state index in [1.807, 2.05) is 39.2 Å². The van der Waals surface area contributed by atoms with Crippen LogP contribution < -0.4 is 10.6 Å². The lowest BCUT2D eigenvalue weighted by molar-refractivity contribution is -0.117. The Morgan fingerprint density at radius 2 is 1.86 bits per heavy atom. The van der Waals surface area contributed by atoms with Gasteiger partial charge in [0.2, 0.25) is 5.91 Å². The van der Waals surface area contributed by atoms with Gasteiger partial charge in [0.1, 0.15) is 0 Å². The highest BCUT2D eigenvalue weighted by molar-refractivity contribution is 5.95. The van der Waals surface area contributed by atoms with E-state index in [0.29, 0.717) is 5.92 Å². The zero-order valence-electron chi connectivity index (χ0n) is 14.3. The van der Waals surface area contributed by atoms with Crippen LogP contribution in [-0.2, 0) is 4.79 Å². The smallest absolute Gasteiger partial charge is 0.241 e. The summed E-state index contributed by atoms with van der Waals surface area (Å²) in [4.78, 5) is 14.4. The van der Waals surface area contributed by atoms with Crippen molar-refractivity contribution in [3.05, 3.63) is 29.8 Å². The van der Waals surface area contributed by atoms with Crippen molar-refractivity contribution in [2.75, 3.05) is 32.5 Å². The first-order chi connectivity index (χ1) is 9.95. The lowest BCUT2D eigenvalue weighted by Crippen LogP contribution is -2.41. The summed E-state index contributed by atoms with van der Waals surface area (Å²) in [5.74, 6) is 0.461. The average molecular weight is 328 g/mol. The van der Waals surface area contributed by atoms with E-state index in [-0.39, 0.29) is 24.4 Å². The molecule has 0 saturated carbocycles. The van der Waals surface area contributed by atoms with Crippen LogP contribution in [0.2, 0.25) is 0 Å². The van der Waals surface area contributed by atoms with Crippen LogP contribution in [0.25, 0.3) is 0 Å². The number of carbonyl (C=O) groups excluding carboxylic acids is 1. The van der Waals surface area contributed by atoms with Crippen LogP contribution >= 0.6 is 12.4 Å². The number of halogens is 1. The van der Waals surface area contributed by atoms with E-state index >= 15 is 0 Å². The number of likely N-dealkylation sites (N-methyl/N-ethyl adjacent to an activating group) is 1. The van der Waals surface area contributed by atoms with Crippen LogP contribution in [0.1, 0.15) is 38.7 Å². The van der Waals surface area contributed by atoms with E-state index < -0.39 is 0 Å². The fraction of sp³-hybridized carbons (Fsp3) is 0.588. The van der Waals surface area contributed by atoms with E-state index in [9.17, 15) is 4.79 Å². The minimum Gasteiger partial charge on any atom is -0.324 e. The maximum Gasteiger partial charge on any atom is 0.241 e. The van der Waals surface area contributed by atoms with Crippen LogP contribution in [0, 0.1) is 0 Å². The van der Waals surface area contributed by atoms with Gasteiger partial charge in [-0.25, -0.2) is 0 Å². The third-order valence-electron chi connectivity index (χ3n) is 3.76. The van der Waals surface area contributed by atoms with Crippen molar-refractivity contribution in [3.8, 4) is 0 Å². The van der Waals surface area contributed by atoms with E-state index in [0.717, 1.165) is 25.2 Å². The summed E-state index contributed by atoms with van der Waals surface area (Å²) in [6.07, 6.45) is 1.06. The Morgan fingerprint density at radius 1 is 1.23 bits per heavy atom. The van der Waals surface area contributed by atoms with Gasteiger partial charge >= 0.3 is 0 Å². The second kappa shape index (κ2) is 10.6. The minimum absolute atomic E-state index is 0. The van der Waals surface area contributed by atoms with E-state index in [1.165, 1.54) is 5.56 Å². The second-order valence-electron chi connectivity index (χ2n) is 5.86. The summed E-state index contributed by atoms with van der Waals surface area (Å²) in [5, 5.41) is 6.29. The van der Waals surface area contributed by atoms with Crippen molar-refractivity contribution in [3.63, 3.8) is 0 Å². The Kier molecular flexibility index (Phi) is 10.1. The Bertz CT molecular complexity index is 451. The predicted molar refractivity (Wildman–Crippen MR) is 97.0 cm³/mol. The highest BCUT2D eigenvalue weighted by atomic mass is 35.5. The second-order valence-corrected chi connectivity index (χ2v) is 5.86. The average Bonchev–Trinajstić information content (AvgIpc) is 2.46. The van der Waals surface area contributed by atoms with Gasteiger partial charge in [-0.05, 0) is 45.0 Å². The number of hydrogen-bond donors (Lipinski definition) is 2. The molecule has 0 bridgehead atoms. The van der Waals surface area contributed by atoms with Gasteiger partial charge in [-0.3, -0.25) is 4.79 Å². The molecule has 2 atom stereocenters. The molecule has 5 heteroatoms. The number of nitrogens with zero attached hydrogens (tertiary/aromatic N) is 1. The van der Waals surface area contributed by atoms with Gasteiger partial charge in [-0.15, -0.1) is 12.4 Å². The van der Waals surface area contributed by atoms with Gasteiger partial charge in [0.15, 0.2) is 0 Å². The number of anilines is 1. The highest BCUT2D eigenvalue weighted by Crippen LogP contribution is 2.26. The van der Waals surface area contributed by atoms with Gasteiger partial charge in [-0.2, -0.15) is 0 Å². The number of para-hydroxylation sites is 1. The molecule has 1 amide bonds. The maximum atomic E-state index is 12.3. The van der Waals surface area contributed by atoms with Gasteiger partial charge in [-0.1, -0.05) is 32.0 Å². The summed E-state index contributed by atoms with van der Waals surface area (Å²) in [7, 11) is 4.05. The van der Waals surface area contributed by atoms with Crippen molar-refractivity contribution >= 4 is 24.0 Å². The van der Waals surface area contributed by atoms with Crippen molar-refractivity contribution < 1.29 is 4.79 Å². The molecule has 0 aliphatic rings. The van der Waals surface area contributed by atoms with Gasteiger partial charge in [0.05, 0.1) is 6.04 Å². The molecule has 1 rings (SSSR count). The first kappa shape index (κ1) is 20.9. The molecule has 4 nitrogen and oxygen atoms in total. The van der Waals surface area contributed by atoms with Gasteiger partial charge in [0.25, 0.3) is 0 Å². The van der Waals surface area contributed by atoms with Gasteiger partial charge in [0, 0.05) is 18.8 Å². The fourth-order valence-corrected chi connectivity index (χ4v) is 2.10. The van der Waals surface area contributed by atoms with Crippen LogP contribution in [0.4, 0.5) is 5.69 Å². The number of amides is 1. The lowest BCUT2D eigenvalue weighted by Gasteiger charge is -2.19. The standard InChI is InChI=1S/C17H29N3O.ClH/c1-6-13(2)15-9-7-8-10-16(15)19-17(21)14(3)18-11-12-20(4)5;/h7-10,13-14,18H,6,11-12H2,1-5H3,(H,19,21);1H. The first-order valence-electron chi connectivity index (χ1n) is 7.73. The number of carbonyl (C=O) groups is 1. The molecular weight excluding hydrogens is 298 g/mol. The Labute approximate surface area is 141 Å². The summed E-state index contributed by atoms with van der Waals surface area (Å²) >= 11 is 0. The predicted octanol–water partition coefficient (Wildman–Crippen LogP) is 3.10. The number of hydrogen-bond acceptors (Lipinski definition) is 3. The molecule has 0 saturated heterocycles. The van der Waals surface area contributed by atoms with E-state index in [1.54, 1.807) is 0 Å². The quantitative estimate of drug-likeness (QED) is 0.771. The molecule has 126 valence electrons. The summed E-state index contributed by atoms with van der Waals surface area (Å²) < 4.78 is 0. The molecule has 2 unspecified atom stereocenters. The van der Waals surface area contributed by atoms with Crippen molar-refractivity contribution in [2.24, 2.45) is 0 Å². The molecule has 0 radical (unpaired) electrons. The lowest BCUT2D eigenvalue weighted by atomic mass is 9.97. The van der Waals surface area contributed by atoms with E-state index in [4.69, 9.17) is 0 Å².